The highest BCUT2D eigenvalue weighted by Crippen LogP contribution is 2.21. The summed E-state index contributed by atoms with van der Waals surface area (Å²) in [6, 6.07) is 0. The van der Waals surface area contributed by atoms with Crippen molar-refractivity contribution in [3.63, 3.8) is 0 Å². The molecule has 0 spiro atoms. The number of halogens is 2. The van der Waals surface area contributed by atoms with Gasteiger partial charge in [-0.3, -0.25) is 0 Å². The lowest BCUT2D eigenvalue weighted by atomic mass is 10.3. The molecule has 2 atom stereocenters. The normalized spacial score (nSPS) is 25.5. The van der Waals surface area contributed by atoms with E-state index in [1.807, 2.05) is 0 Å². The molecule has 72 valence electrons. The minimum Gasteiger partial charge on any atom is -0.367 e. The summed E-state index contributed by atoms with van der Waals surface area (Å²) in [7, 11) is 4.23. The van der Waals surface area contributed by atoms with Gasteiger partial charge in [0.2, 0.25) is 0 Å². The predicted molar refractivity (Wildman–Crippen MR) is 51.7 cm³/mol. The van der Waals surface area contributed by atoms with Gasteiger partial charge in [-0.25, -0.2) is 0 Å². The first-order valence-electron chi connectivity index (χ1n) is 4.20. The molecule has 0 aliphatic carbocycles. The molecule has 2 unspecified atom stereocenters. The Kier molecular flexibility index (Phi) is 3.65. The fourth-order valence-corrected chi connectivity index (χ4v) is 1.76. The SMILES string of the molecule is C[N+](C)(CC1CO1)C(Cl)CCCl. The Bertz CT molecular complexity index is 148. The van der Waals surface area contributed by atoms with Gasteiger partial charge in [0.1, 0.15) is 12.6 Å². The van der Waals surface area contributed by atoms with Crippen molar-refractivity contribution >= 4 is 23.2 Å². The maximum absolute atomic E-state index is 6.18. The number of rotatable bonds is 5. The molecule has 1 fully saturated rings. The zero-order valence-electron chi connectivity index (χ0n) is 7.59. The largest absolute Gasteiger partial charge is 0.367 e. The van der Waals surface area contributed by atoms with Crippen LogP contribution >= 0.6 is 23.2 Å². The van der Waals surface area contributed by atoms with Crippen LogP contribution in [0.3, 0.4) is 0 Å². The van der Waals surface area contributed by atoms with Gasteiger partial charge < -0.3 is 9.22 Å². The molecule has 0 radical (unpaired) electrons. The lowest BCUT2D eigenvalue weighted by Gasteiger charge is -2.33. The fourth-order valence-electron chi connectivity index (χ4n) is 1.25. The van der Waals surface area contributed by atoms with Gasteiger partial charge in [0, 0.05) is 12.3 Å². The number of likely N-dealkylation sites (N-methyl/N-ethyl adjacent to an activating group) is 1. The molecule has 0 N–H and O–H groups in total. The van der Waals surface area contributed by atoms with E-state index < -0.39 is 0 Å². The summed E-state index contributed by atoms with van der Waals surface area (Å²) >= 11 is 11.8. The highest BCUT2D eigenvalue weighted by molar-refractivity contribution is 6.21. The van der Waals surface area contributed by atoms with Crippen LogP contribution in [-0.4, -0.2) is 49.2 Å². The second-order valence-electron chi connectivity index (χ2n) is 3.83. The van der Waals surface area contributed by atoms with Crippen LogP contribution in [-0.2, 0) is 4.74 Å². The Balaban J connectivity index is 2.32. The van der Waals surface area contributed by atoms with Crippen molar-refractivity contribution in [2.45, 2.75) is 18.0 Å². The molecule has 1 saturated heterocycles. The van der Waals surface area contributed by atoms with E-state index in [2.05, 4.69) is 14.1 Å². The first-order valence-corrected chi connectivity index (χ1v) is 5.17. The van der Waals surface area contributed by atoms with Crippen LogP contribution < -0.4 is 0 Å². The molecule has 4 heteroatoms. The third kappa shape index (κ3) is 3.09. The topological polar surface area (TPSA) is 12.5 Å². The van der Waals surface area contributed by atoms with Crippen LogP contribution in [0.4, 0.5) is 0 Å². The summed E-state index contributed by atoms with van der Waals surface area (Å²) in [5.41, 5.74) is 0.103. The number of epoxide rings is 1. The fraction of sp³-hybridized carbons (Fsp3) is 1.00. The number of hydrogen-bond acceptors (Lipinski definition) is 1. The minimum atomic E-state index is 0.103. The smallest absolute Gasteiger partial charge is 0.165 e. The quantitative estimate of drug-likeness (QED) is 0.293. The summed E-state index contributed by atoms with van der Waals surface area (Å²) < 4.78 is 5.96. The van der Waals surface area contributed by atoms with Gasteiger partial charge in [-0.05, 0) is 0 Å². The molecule has 1 aliphatic heterocycles. The van der Waals surface area contributed by atoms with Crippen molar-refractivity contribution in [2.24, 2.45) is 0 Å². The molecular weight excluding hydrogens is 197 g/mol. The van der Waals surface area contributed by atoms with E-state index in [4.69, 9.17) is 27.9 Å². The van der Waals surface area contributed by atoms with Gasteiger partial charge >= 0.3 is 0 Å². The monoisotopic (exact) mass is 212 g/mol. The summed E-state index contributed by atoms with van der Waals surface area (Å²) in [5, 5.41) is 0. The molecule has 0 bridgehead atoms. The van der Waals surface area contributed by atoms with Crippen LogP contribution in [0.2, 0.25) is 0 Å². The van der Waals surface area contributed by atoms with Gasteiger partial charge in [-0.2, -0.15) is 0 Å². The van der Waals surface area contributed by atoms with Crippen LogP contribution in [0, 0.1) is 0 Å². The maximum Gasteiger partial charge on any atom is 0.165 e. The lowest BCUT2D eigenvalue weighted by Crippen LogP contribution is -2.48. The molecule has 1 rings (SSSR count). The van der Waals surface area contributed by atoms with Crippen molar-refractivity contribution in [3.8, 4) is 0 Å². The summed E-state index contributed by atoms with van der Waals surface area (Å²) in [5.74, 6) is 0.626. The highest BCUT2D eigenvalue weighted by Gasteiger charge is 2.35. The number of quaternary nitrogens is 1. The van der Waals surface area contributed by atoms with Crippen molar-refractivity contribution in [3.05, 3.63) is 0 Å². The lowest BCUT2D eigenvalue weighted by molar-refractivity contribution is -0.902. The molecule has 1 heterocycles. The molecule has 1 aliphatic rings. The summed E-state index contributed by atoms with van der Waals surface area (Å²) in [6.45, 7) is 1.89. The van der Waals surface area contributed by atoms with Gasteiger partial charge in [-0.15, -0.1) is 11.6 Å². The third-order valence-corrected chi connectivity index (χ3v) is 3.15. The Morgan fingerprint density at radius 2 is 2.17 bits per heavy atom. The molecular formula is C8H16Cl2NO+. The van der Waals surface area contributed by atoms with Crippen molar-refractivity contribution < 1.29 is 9.22 Å². The average molecular weight is 213 g/mol. The summed E-state index contributed by atoms with van der Waals surface area (Å²) in [6.07, 6.45) is 1.28. The van der Waals surface area contributed by atoms with E-state index in [0.29, 0.717) is 12.0 Å². The van der Waals surface area contributed by atoms with Crippen LogP contribution in [0.15, 0.2) is 0 Å². The van der Waals surface area contributed by atoms with Crippen molar-refractivity contribution in [1.82, 2.24) is 0 Å². The van der Waals surface area contributed by atoms with Crippen LogP contribution in [0.1, 0.15) is 6.42 Å². The van der Waals surface area contributed by atoms with Crippen LogP contribution in [0.5, 0.6) is 0 Å². The first-order chi connectivity index (χ1) is 5.56. The van der Waals surface area contributed by atoms with E-state index in [9.17, 15) is 0 Å². The van der Waals surface area contributed by atoms with Crippen LogP contribution in [0.25, 0.3) is 0 Å². The Morgan fingerprint density at radius 1 is 1.58 bits per heavy atom. The van der Waals surface area contributed by atoms with Crippen molar-refractivity contribution in [1.29, 1.82) is 0 Å². The van der Waals surface area contributed by atoms with Gasteiger partial charge in [-0.1, -0.05) is 11.6 Å². The van der Waals surface area contributed by atoms with E-state index in [-0.39, 0.29) is 5.50 Å². The standard InChI is InChI=1S/C8H16Cl2NO/c1-11(2,5-7-6-12-7)8(10)3-4-9/h7-8H,3-6H2,1-2H3/q+1. The Labute approximate surface area is 84.0 Å². The second kappa shape index (κ2) is 4.14. The molecule has 0 aromatic rings. The number of alkyl halides is 2. The third-order valence-electron chi connectivity index (χ3n) is 2.18. The van der Waals surface area contributed by atoms with E-state index in [1.54, 1.807) is 0 Å². The highest BCUT2D eigenvalue weighted by atomic mass is 35.5. The van der Waals surface area contributed by atoms with Gasteiger partial charge in [0.05, 0.1) is 20.7 Å². The molecule has 0 saturated carbocycles. The molecule has 0 amide bonds. The molecule has 0 aromatic carbocycles. The minimum absolute atomic E-state index is 0.103. The molecule has 12 heavy (non-hydrogen) atoms. The van der Waals surface area contributed by atoms with E-state index >= 15 is 0 Å². The van der Waals surface area contributed by atoms with Gasteiger partial charge in [0.25, 0.3) is 0 Å². The van der Waals surface area contributed by atoms with Crippen molar-refractivity contribution in [2.75, 3.05) is 33.1 Å². The maximum atomic E-state index is 6.18. The van der Waals surface area contributed by atoms with E-state index in [0.717, 1.165) is 24.1 Å². The predicted octanol–water partition coefficient (Wildman–Crippen LogP) is 1.66. The Morgan fingerprint density at radius 3 is 2.58 bits per heavy atom. The first kappa shape index (κ1) is 10.6. The number of hydrogen-bond donors (Lipinski definition) is 0. The molecule has 2 nitrogen and oxygen atoms in total. The number of ether oxygens (including phenoxy) is 1. The molecule has 0 aromatic heterocycles. The zero-order valence-corrected chi connectivity index (χ0v) is 9.11. The zero-order chi connectivity index (χ0) is 9.19. The average Bonchev–Trinajstić information content (AvgIpc) is 2.71. The number of nitrogens with zero attached hydrogens (tertiary/aromatic N) is 1. The van der Waals surface area contributed by atoms with E-state index in [1.165, 1.54) is 0 Å². The Hall–Kier alpha value is 0.500. The second-order valence-corrected chi connectivity index (χ2v) is 4.71. The summed E-state index contributed by atoms with van der Waals surface area (Å²) in [4.78, 5) is 0. The van der Waals surface area contributed by atoms with Gasteiger partial charge in [0.15, 0.2) is 5.50 Å².